The molecule has 1 aliphatic rings. The van der Waals surface area contributed by atoms with Crippen LogP contribution in [0.4, 0.5) is 11.4 Å². The van der Waals surface area contributed by atoms with Gasteiger partial charge in [-0.05, 0) is 24.3 Å². The monoisotopic (exact) mass is 218 g/mol. The Kier molecular flexibility index (Phi) is 2.42. The molecule has 2 N–H and O–H groups in total. The molecule has 4 nitrogen and oxygen atoms in total. The minimum Gasteiger partial charge on any atom is -0.399 e. The average Bonchev–Trinajstić information content (AvgIpc) is 2.46. The highest BCUT2D eigenvalue weighted by molar-refractivity contribution is 6.21. The fourth-order valence-electron chi connectivity index (χ4n) is 1.82. The minimum atomic E-state index is -0.245. The SMILES string of the molecule is CC1C(=O)N(c2ccc(N)cc2)C(=O)C1C. The predicted molar refractivity (Wildman–Crippen MR) is 61.7 cm³/mol. The van der Waals surface area contributed by atoms with E-state index in [1.807, 2.05) is 0 Å². The number of anilines is 2. The molecule has 4 heteroatoms. The quantitative estimate of drug-likeness (QED) is 0.572. The van der Waals surface area contributed by atoms with Crippen molar-refractivity contribution in [3.63, 3.8) is 0 Å². The summed E-state index contributed by atoms with van der Waals surface area (Å²) in [6.07, 6.45) is 0. The molecule has 1 saturated heterocycles. The fraction of sp³-hybridized carbons (Fsp3) is 0.333. The summed E-state index contributed by atoms with van der Waals surface area (Å²) in [5.74, 6) is -0.764. The van der Waals surface area contributed by atoms with Crippen molar-refractivity contribution in [2.24, 2.45) is 11.8 Å². The van der Waals surface area contributed by atoms with E-state index in [0.717, 1.165) is 0 Å². The van der Waals surface area contributed by atoms with Crippen LogP contribution in [0.5, 0.6) is 0 Å². The fourth-order valence-corrected chi connectivity index (χ4v) is 1.82. The van der Waals surface area contributed by atoms with Crippen molar-refractivity contribution >= 4 is 23.2 Å². The lowest BCUT2D eigenvalue weighted by molar-refractivity contribution is -0.122. The van der Waals surface area contributed by atoms with Gasteiger partial charge in [-0.15, -0.1) is 0 Å². The zero-order valence-electron chi connectivity index (χ0n) is 9.31. The van der Waals surface area contributed by atoms with Crippen LogP contribution < -0.4 is 10.6 Å². The first kappa shape index (κ1) is 10.7. The van der Waals surface area contributed by atoms with E-state index in [0.29, 0.717) is 11.4 Å². The third kappa shape index (κ3) is 1.46. The standard InChI is InChI=1S/C12H14N2O2/c1-7-8(2)12(16)14(11(7)15)10-5-3-9(13)4-6-10/h3-8H,13H2,1-2H3. The van der Waals surface area contributed by atoms with Crippen LogP contribution in [0, 0.1) is 11.8 Å². The van der Waals surface area contributed by atoms with Crippen molar-refractivity contribution in [2.45, 2.75) is 13.8 Å². The van der Waals surface area contributed by atoms with Crippen LogP contribution in [-0.2, 0) is 9.59 Å². The number of carbonyl (C=O) groups is 2. The van der Waals surface area contributed by atoms with Gasteiger partial charge >= 0.3 is 0 Å². The summed E-state index contributed by atoms with van der Waals surface area (Å²) < 4.78 is 0. The number of nitrogens with two attached hydrogens (primary N) is 1. The number of amides is 2. The van der Waals surface area contributed by atoms with Crippen molar-refractivity contribution in [3.8, 4) is 0 Å². The lowest BCUT2D eigenvalue weighted by Gasteiger charge is -2.14. The molecular weight excluding hydrogens is 204 g/mol. The van der Waals surface area contributed by atoms with E-state index >= 15 is 0 Å². The maximum atomic E-state index is 11.9. The van der Waals surface area contributed by atoms with Crippen molar-refractivity contribution < 1.29 is 9.59 Å². The van der Waals surface area contributed by atoms with Gasteiger partial charge < -0.3 is 5.73 Å². The van der Waals surface area contributed by atoms with Gasteiger partial charge in [-0.2, -0.15) is 0 Å². The van der Waals surface area contributed by atoms with Gasteiger partial charge in [0, 0.05) is 17.5 Å². The lowest BCUT2D eigenvalue weighted by Crippen LogP contribution is -2.30. The molecule has 84 valence electrons. The lowest BCUT2D eigenvalue weighted by atomic mass is 10.00. The molecule has 1 fully saturated rings. The maximum absolute atomic E-state index is 11.9. The number of imide groups is 1. The highest BCUT2D eigenvalue weighted by Gasteiger charge is 2.42. The first-order valence-electron chi connectivity index (χ1n) is 5.25. The molecule has 2 rings (SSSR count). The summed E-state index contributed by atoms with van der Waals surface area (Å²) in [6, 6.07) is 6.75. The second-order valence-electron chi connectivity index (χ2n) is 4.18. The summed E-state index contributed by atoms with van der Waals surface area (Å²) >= 11 is 0. The van der Waals surface area contributed by atoms with Gasteiger partial charge in [0.2, 0.25) is 11.8 Å². The van der Waals surface area contributed by atoms with Crippen LogP contribution >= 0.6 is 0 Å². The Morgan fingerprint density at radius 1 is 1.00 bits per heavy atom. The average molecular weight is 218 g/mol. The summed E-state index contributed by atoms with van der Waals surface area (Å²) in [6.45, 7) is 3.56. The zero-order valence-corrected chi connectivity index (χ0v) is 9.31. The van der Waals surface area contributed by atoms with Crippen LogP contribution in [0.2, 0.25) is 0 Å². The summed E-state index contributed by atoms with van der Waals surface area (Å²) in [4.78, 5) is 25.0. The van der Waals surface area contributed by atoms with E-state index in [2.05, 4.69) is 0 Å². The number of rotatable bonds is 1. The summed E-state index contributed by atoms with van der Waals surface area (Å²) in [7, 11) is 0. The Balaban J connectivity index is 2.38. The molecular formula is C12H14N2O2. The Hall–Kier alpha value is -1.84. The molecule has 0 radical (unpaired) electrons. The molecule has 0 spiro atoms. The van der Waals surface area contributed by atoms with E-state index in [1.54, 1.807) is 38.1 Å². The first-order valence-corrected chi connectivity index (χ1v) is 5.25. The second-order valence-corrected chi connectivity index (χ2v) is 4.18. The van der Waals surface area contributed by atoms with E-state index in [4.69, 9.17) is 5.73 Å². The van der Waals surface area contributed by atoms with E-state index in [1.165, 1.54) is 4.90 Å². The molecule has 16 heavy (non-hydrogen) atoms. The van der Waals surface area contributed by atoms with Crippen molar-refractivity contribution in [1.82, 2.24) is 0 Å². The molecule has 1 heterocycles. The van der Waals surface area contributed by atoms with Crippen LogP contribution in [0.3, 0.4) is 0 Å². The van der Waals surface area contributed by atoms with Gasteiger partial charge in [-0.25, -0.2) is 0 Å². The van der Waals surface area contributed by atoms with Crippen molar-refractivity contribution in [3.05, 3.63) is 24.3 Å². The van der Waals surface area contributed by atoms with E-state index < -0.39 is 0 Å². The number of hydrogen-bond acceptors (Lipinski definition) is 3. The van der Waals surface area contributed by atoms with E-state index in [9.17, 15) is 9.59 Å². The molecule has 0 aliphatic carbocycles. The normalized spacial score (nSPS) is 25.2. The van der Waals surface area contributed by atoms with Gasteiger partial charge in [0.15, 0.2) is 0 Å². The molecule has 2 atom stereocenters. The minimum absolute atomic E-state index is 0.137. The van der Waals surface area contributed by atoms with Gasteiger partial charge in [0.05, 0.1) is 5.69 Å². The highest BCUT2D eigenvalue weighted by Crippen LogP contribution is 2.30. The Labute approximate surface area is 94.0 Å². The largest absolute Gasteiger partial charge is 0.399 e. The summed E-state index contributed by atoms with van der Waals surface area (Å²) in [5, 5.41) is 0. The number of benzene rings is 1. The van der Waals surface area contributed by atoms with Gasteiger partial charge in [0.25, 0.3) is 0 Å². The molecule has 1 aliphatic heterocycles. The maximum Gasteiger partial charge on any atom is 0.237 e. The number of hydrogen-bond donors (Lipinski definition) is 1. The van der Waals surface area contributed by atoms with Crippen molar-refractivity contribution in [1.29, 1.82) is 0 Å². The Morgan fingerprint density at radius 2 is 1.44 bits per heavy atom. The molecule has 2 amide bonds. The Morgan fingerprint density at radius 3 is 1.88 bits per heavy atom. The topological polar surface area (TPSA) is 63.4 Å². The number of carbonyl (C=O) groups excluding carboxylic acids is 2. The van der Waals surface area contributed by atoms with Gasteiger partial charge in [-0.1, -0.05) is 13.8 Å². The molecule has 2 unspecified atom stereocenters. The first-order chi connectivity index (χ1) is 7.52. The third-order valence-corrected chi connectivity index (χ3v) is 3.12. The number of nitrogens with zero attached hydrogens (tertiary/aromatic N) is 1. The van der Waals surface area contributed by atoms with Crippen LogP contribution in [0.1, 0.15) is 13.8 Å². The van der Waals surface area contributed by atoms with Crippen molar-refractivity contribution in [2.75, 3.05) is 10.6 Å². The van der Waals surface area contributed by atoms with Gasteiger partial charge in [-0.3, -0.25) is 14.5 Å². The molecule has 1 aromatic rings. The smallest absolute Gasteiger partial charge is 0.237 e. The molecule has 0 aromatic heterocycles. The number of nitrogen functional groups attached to an aromatic ring is 1. The van der Waals surface area contributed by atoms with Crippen LogP contribution in [0.25, 0.3) is 0 Å². The molecule has 0 bridgehead atoms. The van der Waals surface area contributed by atoms with E-state index in [-0.39, 0.29) is 23.7 Å². The zero-order chi connectivity index (χ0) is 11.9. The van der Waals surface area contributed by atoms with Gasteiger partial charge in [0.1, 0.15) is 0 Å². The third-order valence-electron chi connectivity index (χ3n) is 3.12. The predicted octanol–water partition coefficient (Wildman–Crippen LogP) is 1.41. The second kappa shape index (κ2) is 3.63. The Bertz CT molecular complexity index is 419. The van der Waals surface area contributed by atoms with Crippen LogP contribution in [-0.4, -0.2) is 11.8 Å². The molecule has 1 aromatic carbocycles. The van der Waals surface area contributed by atoms with Crippen LogP contribution in [0.15, 0.2) is 24.3 Å². The molecule has 0 saturated carbocycles. The highest BCUT2D eigenvalue weighted by atomic mass is 16.2. The summed E-state index contributed by atoms with van der Waals surface area (Å²) in [5.41, 5.74) is 6.77.